The molecule has 2 N–H and O–H groups in total. The number of hydrogen-bond acceptors (Lipinski definition) is 6. The third kappa shape index (κ3) is 5.19. The van der Waals surface area contributed by atoms with Gasteiger partial charge in [-0.05, 0) is 55.4 Å². The van der Waals surface area contributed by atoms with E-state index in [2.05, 4.69) is 33.6 Å². The molecule has 5 rings (SSSR count). The van der Waals surface area contributed by atoms with Crippen molar-refractivity contribution in [1.29, 1.82) is 5.26 Å². The van der Waals surface area contributed by atoms with Crippen LogP contribution in [-0.4, -0.2) is 53.4 Å². The molecule has 0 unspecified atom stereocenters. The summed E-state index contributed by atoms with van der Waals surface area (Å²) < 4.78 is 0. The molecular weight excluding hydrogens is 460 g/mol. The Bertz CT molecular complexity index is 1300. The van der Waals surface area contributed by atoms with Gasteiger partial charge in [-0.15, -0.1) is 11.3 Å². The number of likely N-dealkylation sites (N-methyl/N-ethyl adjacent to an activating group) is 1. The maximum Gasteiger partial charge on any atom is 0.321 e. The number of amides is 3. The van der Waals surface area contributed by atoms with E-state index in [1.165, 1.54) is 4.88 Å². The second kappa shape index (κ2) is 9.86. The van der Waals surface area contributed by atoms with Crippen LogP contribution in [0.3, 0.4) is 0 Å². The Labute approximate surface area is 208 Å². The van der Waals surface area contributed by atoms with Gasteiger partial charge in [0.25, 0.3) is 5.91 Å². The van der Waals surface area contributed by atoms with Crippen molar-refractivity contribution in [3.05, 3.63) is 75.8 Å². The molecule has 0 radical (unpaired) electrons. The van der Waals surface area contributed by atoms with E-state index < -0.39 is 0 Å². The van der Waals surface area contributed by atoms with Gasteiger partial charge in [-0.2, -0.15) is 5.26 Å². The minimum atomic E-state index is -0.167. The number of benzene rings is 2. The molecular formula is C26H26N6O2S. The molecule has 2 aliphatic rings. The van der Waals surface area contributed by atoms with Crippen LogP contribution in [0, 0.1) is 11.3 Å². The van der Waals surface area contributed by atoms with Crippen molar-refractivity contribution in [2.75, 3.05) is 37.3 Å². The number of nitrogens with zero attached hydrogens (tertiary/aromatic N) is 4. The fourth-order valence-corrected chi connectivity index (χ4v) is 5.61. The zero-order valence-electron chi connectivity index (χ0n) is 19.5. The number of hydrogen-bond donors (Lipinski definition) is 2. The predicted molar refractivity (Wildman–Crippen MR) is 136 cm³/mol. The second-order valence-electron chi connectivity index (χ2n) is 9.01. The second-order valence-corrected chi connectivity index (χ2v) is 10.1. The molecule has 8 nitrogen and oxygen atoms in total. The van der Waals surface area contributed by atoms with Crippen molar-refractivity contribution < 1.29 is 9.59 Å². The van der Waals surface area contributed by atoms with E-state index >= 15 is 0 Å². The molecule has 9 heteroatoms. The Balaban J connectivity index is 1.21. The summed E-state index contributed by atoms with van der Waals surface area (Å²) in [4.78, 5) is 35.5. The lowest BCUT2D eigenvalue weighted by molar-refractivity contribution is 0.102. The summed E-state index contributed by atoms with van der Waals surface area (Å²) in [6.07, 6.45) is 1.74. The first kappa shape index (κ1) is 23.0. The number of rotatable bonds is 4. The molecule has 0 spiro atoms. The average molecular weight is 487 g/mol. The number of fused-ring (bicyclic) bond motifs is 1. The summed E-state index contributed by atoms with van der Waals surface area (Å²) in [5, 5.41) is 15.4. The van der Waals surface area contributed by atoms with Gasteiger partial charge in [-0.25, -0.2) is 9.78 Å². The van der Waals surface area contributed by atoms with Gasteiger partial charge < -0.3 is 15.1 Å². The van der Waals surface area contributed by atoms with Crippen molar-refractivity contribution in [2.45, 2.75) is 25.3 Å². The first-order chi connectivity index (χ1) is 17.0. The number of nitriles is 1. The summed E-state index contributed by atoms with van der Waals surface area (Å²) in [5.74, 6) is -0.00288. The average Bonchev–Trinajstić information content (AvgIpc) is 3.51. The molecule has 2 aromatic carbocycles. The van der Waals surface area contributed by atoms with Crippen molar-refractivity contribution in [3.8, 4) is 6.07 Å². The Hall–Kier alpha value is -3.74. The van der Waals surface area contributed by atoms with Crippen LogP contribution in [-0.2, 0) is 13.0 Å². The number of thiazole rings is 1. The molecule has 2 aliphatic heterocycles. The first-order valence-electron chi connectivity index (χ1n) is 11.6. The van der Waals surface area contributed by atoms with E-state index in [1.807, 2.05) is 24.3 Å². The quantitative estimate of drug-likeness (QED) is 0.573. The molecule has 1 saturated heterocycles. The number of aromatic nitrogens is 1. The molecule has 1 atom stereocenters. The van der Waals surface area contributed by atoms with Crippen LogP contribution in [0.1, 0.15) is 44.4 Å². The van der Waals surface area contributed by atoms with Crippen LogP contribution < -0.4 is 10.6 Å². The van der Waals surface area contributed by atoms with E-state index in [-0.39, 0.29) is 17.9 Å². The maximum atomic E-state index is 12.9. The van der Waals surface area contributed by atoms with Crippen molar-refractivity contribution in [3.63, 3.8) is 0 Å². The minimum Gasteiger partial charge on any atom is -0.324 e. The molecule has 0 bridgehead atoms. The number of carbonyl (C=O) groups is 2. The molecule has 3 amide bonds. The third-order valence-corrected chi connectivity index (χ3v) is 7.50. The molecule has 0 aliphatic carbocycles. The molecule has 178 valence electrons. The van der Waals surface area contributed by atoms with Gasteiger partial charge >= 0.3 is 6.03 Å². The highest BCUT2D eigenvalue weighted by Gasteiger charge is 2.28. The highest BCUT2D eigenvalue weighted by molar-refractivity contribution is 7.15. The lowest BCUT2D eigenvalue weighted by Crippen LogP contribution is -2.32. The van der Waals surface area contributed by atoms with Crippen LogP contribution in [0.4, 0.5) is 15.6 Å². The van der Waals surface area contributed by atoms with Crippen LogP contribution in [0.25, 0.3) is 0 Å². The molecule has 35 heavy (non-hydrogen) atoms. The smallest absolute Gasteiger partial charge is 0.321 e. The lowest BCUT2D eigenvalue weighted by atomic mass is 9.96. The van der Waals surface area contributed by atoms with Crippen molar-refractivity contribution in [1.82, 2.24) is 14.8 Å². The van der Waals surface area contributed by atoms with Crippen LogP contribution in [0.15, 0.2) is 48.5 Å². The fraction of sp³-hybridized carbons (Fsp3) is 0.308. The summed E-state index contributed by atoms with van der Waals surface area (Å²) in [6, 6.07) is 16.4. The van der Waals surface area contributed by atoms with Gasteiger partial charge in [0, 0.05) is 54.6 Å². The minimum absolute atomic E-state index is 0.163. The highest BCUT2D eigenvalue weighted by Crippen LogP contribution is 2.30. The maximum absolute atomic E-state index is 12.9. The molecule has 1 fully saturated rings. The molecule has 3 aromatic rings. The SMILES string of the molecule is CN1CCc2nc(NC(=O)c3cccc([C@H]4CCN(C(=O)Nc5ccc(C#N)cc5)C4)c3)sc2C1. The summed E-state index contributed by atoms with van der Waals surface area (Å²) in [7, 11) is 2.09. The van der Waals surface area contributed by atoms with Gasteiger partial charge in [0.05, 0.1) is 17.3 Å². The fourth-order valence-electron chi connectivity index (χ4n) is 4.53. The summed E-state index contributed by atoms with van der Waals surface area (Å²) in [6.45, 7) is 3.08. The molecule has 0 saturated carbocycles. The largest absolute Gasteiger partial charge is 0.324 e. The van der Waals surface area contributed by atoms with Crippen LogP contribution in [0.5, 0.6) is 0 Å². The van der Waals surface area contributed by atoms with E-state index in [1.54, 1.807) is 40.5 Å². The zero-order valence-corrected chi connectivity index (χ0v) is 20.3. The van der Waals surface area contributed by atoms with E-state index in [4.69, 9.17) is 5.26 Å². The van der Waals surface area contributed by atoms with Crippen molar-refractivity contribution >= 4 is 34.1 Å². The highest BCUT2D eigenvalue weighted by atomic mass is 32.1. The summed E-state index contributed by atoms with van der Waals surface area (Å²) in [5.41, 5.74) is 3.93. The van der Waals surface area contributed by atoms with Crippen LogP contribution >= 0.6 is 11.3 Å². The van der Waals surface area contributed by atoms with Gasteiger partial charge in [0.15, 0.2) is 5.13 Å². The number of nitrogens with one attached hydrogen (secondary N) is 2. The van der Waals surface area contributed by atoms with Crippen molar-refractivity contribution in [2.24, 2.45) is 0 Å². The van der Waals surface area contributed by atoms with Gasteiger partial charge in [0.2, 0.25) is 0 Å². The molecule has 1 aromatic heterocycles. The number of likely N-dealkylation sites (tertiary alicyclic amines) is 1. The monoisotopic (exact) mass is 486 g/mol. The van der Waals surface area contributed by atoms with E-state index in [0.717, 1.165) is 37.2 Å². The van der Waals surface area contributed by atoms with Gasteiger partial charge in [0.1, 0.15) is 0 Å². The first-order valence-corrected chi connectivity index (χ1v) is 12.4. The Morgan fingerprint density at radius 2 is 1.97 bits per heavy atom. The Morgan fingerprint density at radius 1 is 1.14 bits per heavy atom. The topological polar surface area (TPSA) is 101 Å². The van der Waals surface area contributed by atoms with Crippen LogP contribution in [0.2, 0.25) is 0 Å². The number of carbonyl (C=O) groups excluding carboxylic acids is 2. The lowest BCUT2D eigenvalue weighted by Gasteiger charge is -2.20. The Kier molecular flexibility index (Phi) is 6.49. The normalized spacial score (nSPS) is 17.5. The van der Waals surface area contributed by atoms with Gasteiger partial charge in [-0.1, -0.05) is 12.1 Å². The molecule has 3 heterocycles. The third-order valence-electron chi connectivity index (χ3n) is 6.50. The summed E-state index contributed by atoms with van der Waals surface area (Å²) >= 11 is 1.55. The predicted octanol–water partition coefficient (Wildman–Crippen LogP) is 4.28. The standard InChI is InChI=1S/C26H26N6O2S/c1-31-11-10-22-23(16-31)35-25(29-22)30-24(33)19-4-2-3-18(13-19)20-9-12-32(15-20)26(34)28-21-7-5-17(14-27)6-8-21/h2-8,13,20H,9-12,15-16H2,1H3,(H,28,34)(H,29,30,33)/t20-/m0/s1. The van der Waals surface area contributed by atoms with Gasteiger partial charge in [-0.3, -0.25) is 10.1 Å². The van der Waals surface area contributed by atoms with E-state index in [0.29, 0.717) is 35.0 Å². The van der Waals surface area contributed by atoms with E-state index in [9.17, 15) is 9.59 Å². The zero-order chi connectivity index (χ0) is 24.4. The number of anilines is 2. The number of urea groups is 1. The Morgan fingerprint density at radius 3 is 2.77 bits per heavy atom.